The minimum atomic E-state index is -1.03. The molecule has 2 heterocycles. The molecule has 23 heavy (non-hydrogen) atoms. The molecular formula is C16H20N4O3. The molecule has 0 aliphatic heterocycles. The number of carbonyl (C=O) groups excluding carboxylic acids is 1. The van der Waals surface area contributed by atoms with Crippen molar-refractivity contribution in [3.8, 4) is 5.82 Å². The Hall–Kier alpha value is -2.70. The van der Waals surface area contributed by atoms with Crippen LogP contribution in [0.3, 0.4) is 0 Å². The maximum Gasteiger partial charge on any atom is 0.326 e. The van der Waals surface area contributed by atoms with Gasteiger partial charge in [-0.05, 0) is 25.5 Å². The molecule has 122 valence electrons. The van der Waals surface area contributed by atoms with Gasteiger partial charge in [0.05, 0.1) is 17.5 Å². The standard InChI is InChI=1S/C16H20N4O3/c1-3-4-7-13(16(22)23)19-15(21)12-10-18-20(11(12)2)14-8-5-6-9-17-14/h5-6,8-10,13H,3-4,7H2,1-2H3,(H,19,21)(H,22,23). The number of aliphatic carboxylic acids is 1. The summed E-state index contributed by atoms with van der Waals surface area (Å²) in [4.78, 5) is 27.8. The smallest absolute Gasteiger partial charge is 0.326 e. The topological polar surface area (TPSA) is 97.1 Å². The summed E-state index contributed by atoms with van der Waals surface area (Å²) in [5, 5.41) is 15.9. The molecule has 0 saturated carbocycles. The van der Waals surface area contributed by atoms with Crippen molar-refractivity contribution in [3.05, 3.63) is 41.9 Å². The first-order valence-electron chi connectivity index (χ1n) is 7.54. The van der Waals surface area contributed by atoms with E-state index in [-0.39, 0.29) is 0 Å². The third-order valence-electron chi connectivity index (χ3n) is 3.57. The molecular weight excluding hydrogens is 296 g/mol. The lowest BCUT2D eigenvalue weighted by Crippen LogP contribution is -2.40. The van der Waals surface area contributed by atoms with Crippen LogP contribution in [0.4, 0.5) is 0 Å². The van der Waals surface area contributed by atoms with Crippen molar-refractivity contribution in [1.29, 1.82) is 0 Å². The van der Waals surface area contributed by atoms with Crippen LogP contribution >= 0.6 is 0 Å². The fraction of sp³-hybridized carbons (Fsp3) is 0.375. The number of nitrogens with zero attached hydrogens (tertiary/aromatic N) is 3. The van der Waals surface area contributed by atoms with Crippen molar-refractivity contribution in [3.63, 3.8) is 0 Å². The Bertz CT molecular complexity index is 682. The van der Waals surface area contributed by atoms with Gasteiger partial charge < -0.3 is 10.4 Å². The number of rotatable bonds is 7. The van der Waals surface area contributed by atoms with Crippen LogP contribution in [0.2, 0.25) is 0 Å². The Balaban J connectivity index is 2.17. The lowest BCUT2D eigenvalue weighted by molar-refractivity contribution is -0.139. The molecule has 1 unspecified atom stereocenters. The highest BCUT2D eigenvalue weighted by Gasteiger charge is 2.22. The van der Waals surface area contributed by atoms with E-state index in [1.165, 1.54) is 6.20 Å². The molecule has 2 N–H and O–H groups in total. The maximum atomic E-state index is 12.3. The molecule has 7 heteroatoms. The fourth-order valence-corrected chi connectivity index (χ4v) is 2.24. The number of unbranched alkanes of at least 4 members (excludes halogenated alkanes) is 1. The van der Waals surface area contributed by atoms with Crippen molar-refractivity contribution >= 4 is 11.9 Å². The number of hydrogen-bond donors (Lipinski definition) is 2. The maximum absolute atomic E-state index is 12.3. The second-order valence-electron chi connectivity index (χ2n) is 5.25. The van der Waals surface area contributed by atoms with Crippen molar-refractivity contribution < 1.29 is 14.7 Å². The van der Waals surface area contributed by atoms with Gasteiger partial charge in [0, 0.05) is 6.20 Å². The molecule has 7 nitrogen and oxygen atoms in total. The quantitative estimate of drug-likeness (QED) is 0.813. The molecule has 0 aliphatic carbocycles. The highest BCUT2D eigenvalue weighted by molar-refractivity contribution is 5.97. The van der Waals surface area contributed by atoms with Crippen molar-refractivity contribution in [2.45, 2.75) is 39.2 Å². The zero-order valence-corrected chi connectivity index (χ0v) is 13.2. The van der Waals surface area contributed by atoms with Crippen LogP contribution in [-0.4, -0.2) is 37.8 Å². The lowest BCUT2D eigenvalue weighted by atomic mass is 10.1. The highest BCUT2D eigenvalue weighted by atomic mass is 16.4. The van der Waals surface area contributed by atoms with Gasteiger partial charge in [0.1, 0.15) is 6.04 Å². The van der Waals surface area contributed by atoms with Crippen LogP contribution in [0.5, 0.6) is 0 Å². The van der Waals surface area contributed by atoms with Gasteiger partial charge >= 0.3 is 5.97 Å². The number of pyridine rings is 1. The molecule has 0 fully saturated rings. The van der Waals surface area contributed by atoms with Crippen LogP contribution in [0.15, 0.2) is 30.6 Å². The molecule has 2 aromatic heterocycles. The normalized spacial score (nSPS) is 11.9. The molecule has 2 aromatic rings. The van der Waals surface area contributed by atoms with E-state index in [9.17, 15) is 14.7 Å². The van der Waals surface area contributed by atoms with E-state index in [0.29, 0.717) is 23.5 Å². The first-order valence-corrected chi connectivity index (χ1v) is 7.54. The average molecular weight is 316 g/mol. The predicted octanol–water partition coefficient (Wildman–Crippen LogP) is 1.95. The minimum Gasteiger partial charge on any atom is -0.480 e. The minimum absolute atomic E-state index is 0.346. The van der Waals surface area contributed by atoms with Crippen LogP contribution < -0.4 is 5.32 Å². The predicted molar refractivity (Wildman–Crippen MR) is 84.5 cm³/mol. The van der Waals surface area contributed by atoms with Gasteiger partial charge in [-0.15, -0.1) is 0 Å². The molecule has 0 saturated heterocycles. The van der Waals surface area contributed by atoms with Gasteiger partial charge in [0.15, 0.2) is 5.82 Å². The molecule has 0 aromatic carbocycles. The zero-order valence-electron chi connectivity index (χ0n) is 13.2. The van der Waals surface area contributed by atoms with E-state index in [2.05, 4.69) is 15.4 Å². The number of aromatic nitrogens is 3. The molecule has 0 aliphatic rings. The van der Waals surface area contributed by atoms with Crippen molar-refractivity contribution in [1.82, 2.24) is 20.1 Å². The van der Waals surface area contributed by atoms with Gasteiger partial charge in [-0.2, -0.15) is 5.10 Å². The Kier molecular flexibility index (Phi) is 5.46. The van der Waals surface area contributed by atoms with E-state index in [4.69, 9.17) is 0 Å². The Morgan fingerprint density at radius 3 is 2.78 bits per heavy atom. The first-order chi connectivity index (χ1) is 11.0. The largest absolute Gasteiger partial charge is 0.480 e. The monoisotopic (exact) mass is 316 g/mol. The second kappa shape index (κ2) is 7.53. The van der Waals surface area contributed by atoms with Crippen molar-refractivity contribution in [2.75, 3.05) is 0 Å². The van der Waals surface area contributed by atoms with Crippen LogP contribution in [0, 0.1) is 6.92 Å². The number of carboxylic acid groups (broad SMARTS) is 1. The van der Waals surface area contributed by atoms with Crippen LogP contribution in [-0.2, 0) is 4.79 Å². The SMILES string of the molecule is CCCCC(NC(=O)c1cnn(-c2ccccn2)c1C)C(=O)O. The number of carboxylic acids is 1. The van der Waals surface area contributed by atoms with E-state index in [0.717, 1.165) is 12.8 Å². The van der Waals surface area contributed by atoms with Gasteiger partial charge in [0.2, 0.25) is 0 Å². The molecule has 1 atom stereocenters. The van der Waals surface area contributed by atoms with E-state index >= 15 is 0 Å². The Morgan fingerprint density at radius 2 is 2.17 bits per heavy atom. The first kappa shape index (κ1) is 16.7. The molecule has 0 bridgehead atoms. The number of nitrogens with one attached hydrogen (secondary N) is 1. The number of amides is 1. The number of carbonyl (C=O) groups is 2. The molecule has 1 amide bonds. The summed E-state index contributed by atoms with van der Waals surface area (Å²) in [6.45, 7) is 3.72. The fourth-order valence-electron chi connectivity index (χ4n) is 2.24. The van der Waals surface area contributed by atoms with Gasteiger partial charge in [0.25, 0.3) is 5.91 Å². The van der Waals surface area contributed by atoms with E-state index < -0.39 is 17.9 Å². The third kappa shape index (κ3) is 3.94. The lowest BCUT2D eigenvalue weighted by Gasteiger charge is -2.13. The van der Waals surface area contributed by atoms with Gasteiger partial charge in [-0.3, -0.25) is 4.79 Å². The van der Waals surface area contributed by atoms with E-state index in [1.807, 2.05) is 13.0 Å². The molecule has 0 spiro atoms. The Morgan fingerprint density at radius 1 is 1.39 bits per heavy atom. The summed E-state index contributed by atoms with van der Waals surface area (Å²) in [6.07, 6.45) is 5.09. The third-order valence-corrected chi connectivity index (χ3v) is 3.57. The van der Waals surface area contributed by atoms with Crippen LogP contribution in [0.1, 0.15) is 42.2 Å². The highest BCUT2D eigenvalue weighted by Crippen LogP contribution is 2.13. The molecule has 0 radical (unpaired) electrons. The summed E-state index contributed by atoms with van der Waals surface area (Å²) >= 11 is 0. The number of hydrogen-bond acceptors (Lipinski definition) is 4. The van der Waals surface area contributed by atoms with Crippen molar-refractivity contribution in [2.24, 2.45) is 0 Å². The summed E-state index contributed by atoms with van der Waals surface area (Å²) in [6, 6.07) is 4.51. The Labute approximate surface area is 134 Å². The summed E-state index contributed by atoms with van der Waals surface area (Å²) in [7, 11) is 0. The second-order valence-corrected chi connectivity index (χ2v) is 5.25. The van der Waals surface area contributed by atoms with E-state index in [1.54, 1.807) is 29.9 Å². The summed E-state index contributed by atoms with van der Waals surface area (Å²) in [5.74, 6) is -0.862. The summed E-state index contributed by atoms with van der Waals surface area (Å²) < 4.78 is 1.55. The van der Waals surface area contributed by atoms with Gasteiger partial charge in [-0.1, -0.05) is 25.8 Å². The van der Waals surface area contributed by atoms with Gasteiger partial charge in [-0.25, -0.2) is 14.5 Å². The zero-order chi connectivity index (χ0) is 16.8. The van der Waals surface area contributed by atoms with Crippen LogP contribution in [0.25, 0.3) is 5.82 Å². The summed E-state index contributed by atoms with van der Waals surface area (Å²) in [5.41, 5.74) is 0.958. The average Bonchev–Trinajstić information content (AvgIpc) is 2.93. The molecule has 2 rings (SSSR count).